The molecule has 4 amide bonds. The molecule has 0 saturated carbocycles. The molecule has 1 aromatic carbocycles. The highest BCUT2D eigenvalue weighted by atomic mass is 32.1. The van der Waals surface area contributed by atoms with Crippen molar-refractivity contribution in [1.82, 2.24) is 31.6 Å². The van der Waals surface area contributed by atoms with Gasteiger partial charge in [-0.2, -0.15) is 0 Å². The predicted molar refractivity (Wildman–Crippen MR) is 172 cm³/mol. The number of para-hydroxylation sites is 1. The third kappa shape index (κ3) is 11.4. The van der Waals surface area contributed by atoms with Gasteiger partial charge in [0.2, 0.25) is 29.4 Å². The summed E-state index contributed by atoms with van der Waals surface area (Å²) in [5.74, 6) is -2.40. The lowest BCUT2D eigenvalue weighted by Gasteiger charge is -2.26. The van der Waals surface area contributed by atoms with Crippen molar-refractivity contribution in [2.24, 2.45) is 17.4 Å². The average molecular weight is 644 g/mol. The number of hydrogen-bond donors (Lipinski definition) is 8. The second-order valence-corrected chi connectivity index (χ2v) is 12.7. The number of amides is 4. The number of thiazole rings is 1. The van der Waals surface area contributed by atoms with Crippen molar-refractivity contribution >= 4 is 56.9 Å². The van der Waals surface area contributed by atoms with Gasteiger partial charge in [0, 0.05) is 19.5 Å². The number of benzene rings is 1. The molecule has 2 heterocycles. The van der Waals surface area contributed by atoms with Crippen LogP contribution >= 0.6 is 11.3 Å². The van der Waals surface area contributed by atoms with Gasteiger partial charge in [-0.25, -0.2) is 4.98 Å². The van der Waals surface area contributed by atoms with Crippen LogP contribution in [0.2, 0.25) is 0 Å². The normalized spacial score (nSPS) is 21.1. The molecule has 1 aliphatic heterocycles. The van der Waals surface area contributed by atoms with Crippen molar-refractivity contribution in [3.05, 3.63) is 29.3 Å². The maximum atomic E-state index is 13.8. The number of Topliss-reactive ketones (excluding diaryl/α,β-unsaturated/α-hetero) is 1. The molecule has 0 aliphatic carbocycles. The summed E-state index contributed by atoms with van der Waals surface area (Å²) in [6.45, 7) is 4.49. The predicted octanol–water partition coefficient (Wildman–Crippen LogP) is 0.650. The molecule has 4 atom stereocenters. The van der Waals surface area contributed by atoms with E-state index in [-0.39, 0.29) is 54.3 Å². The number of carbonyl (C=O) groups is 5. The summed E-state index contributed by atoms with van der Waals surface area (Å²) in [5, 5.41) is 21.5. The van der Waals surface area contributed by atoms with E-state index in [2.05, 4.69) is 31.6 Å². The van der Waals surface area contributed by atoms with Gasteiger partial charge in [-0.3, -0.25) is 29.4 Å². The monoisotopic (exact) mass is 643 g/mol. The minimum Gasteiger partial charge on any atom is -0.370 e. The number of fused-ring (bicyclic) bond motifs is 1. The summed E-state index contributed by atoms with van der Waals surface area (Å²) in [6.07, 6.45) is 2.45. The fourth-order valence-electron chi connectivity index (χ4n) is 4.93. The van der Waals surface area contributed by atoms with Crippen molar-refractivity contribution in [1.29, 1.82) is 5.41 Å². The lowest BCUT2D eigenvalue weighted by molar-refractivity contribution is -0.133. The van der Waals surface area contributed by atoms with Gasteiger partial charge in [0.15, 0.2) is 11.0 Å². The Morgan fingerprint density at radius 1 is 1.11 bits per heavy atom. The van der Waals surface area contributed by atoms with Crippen molar-refractivity contribution in [2.45, 2.75) is 89.4 Å². The molecule has 0 unspecified atom stereocenters. The molecule has 0 spiro atoms. The average Bonchev–Trinajstić information content (AvgIpc) is 3.43. The molecule has 10 N–H and O–H groups in total. The van der Waals surface area contributed by atoms with Crippen molar-refractivity contribution in [3.8, 4) is 0 Å². The van der Waals surface area contributed by atoms with Crippen LogP contribution in [0.5, 0.6) is 0 Å². The molecule has 14 nitrogen and oxygen atoms in total. The lowest BCUT2D eigenvalue weighted by atomic mass is 10.0. The highest BCUT2D eigenvalue weighted by Gasteiger charge is 2.32. The number of hydrogen-bond acceptors (Lipinski definition) is 9. The number of rotatable bonds is 10. The van der Waals surface area contributed by atoms with E-state index in [1.165, 1.54) is 11.3 Å². The van der Waals surface area contributed by atoms with E-state index in [0.717, 1.165) is 4.70 Å². The summed E-state index contributed by atoms with van der Waals surface area (Å²) < 4.78 is 0.836. The van der Waals surface area contributed by atoms with Crippen LogP contribution < -0.4 is 38.1 Å². The third-order valence-corrected chi connectivity index (χ3v) is 8.41. The number of nitrogens with zero attached hydrogens (tertiary/aromatic N) is 1. The smallest absolute Gasteiger partial charge is 0.243 e. The Balaban J connectivity index is 1.83. The molecule has 1 aromatic heterocycles. The number of nitrogens with one attached hydrogen (secondary N) is 6. The first-order valence-corrected chi connectivity index (χ1v) is 16.2. The van der Waals surface area contributed by atoms with Crippen LogP contribution in [-0.4, -0.2) is 77.6 Å². The Labute approximate surface area is 266 Å². The number of nitrogens with two attached hydrogens (primary N) is 2. The quantitative estimate of drug-likeness (QED) is 0.0784. The number of guanidine groups is 1. The Morgan fingerprint density at radius 3 is 2.58 bits per heavy atom. The molecule has 15 heteroatoms. The van der Waals surface area contributed by atoms with E-state index in [0.29, 0.717) is 44.3 Å². The van der Waals surface area contributed by atoms with Gasteiger partial charge in [0.05, 0.1) is 22.3 Å². The molecule has 246 valence electrons. The highest BCUT2D eigenvalue weighted by molar-refractivity contribution is 7.20. The van der Waals surface area contributed by atoms with E-state index in [1.54, 1.807) is 6.07 Å². The fraction of sp³-hybridized carbons (Fsp3) is 0.567. The first-order valence-electron chi connectivity index (χ1n) is 15.4. The minimum atomic E-state index is -1.01. The van der Waals surface area contributed by atoms with Crippen LogP contribution in [0.1, 0.15) is 75.0 Å². The molecule has 2 aromatic rings. The lowest BCUT2D eigenvalue weighted by Crippen LogP contribution is -2.57. The zero-order valence-electron chi connectivity index (χ0n) is 25.8. The van der Waals surface area contributed by atoms with Crippen LogP contribution in [-0.2, 0) is 19.2 Å². The van der Waals surface area contributed by atoms with E-state index >= 15 is 0 Å². The molecule has 3 rings (SSSR count). The maximum Gasteiger partial charge on any atom is 0.243 e. The molecule has 0 radical (unpaired) electrons. The van der Waals surface area contributed by atoms with Gasteiger partial charge in [-0.15, -0.1) is 11.3 Å². The summed E-state index contributed by atoms with van der Waals surface area (Å²) in [6, 6.07) is 3.46. The molecule has 1 aliphatic rings. The van der Waals surface area contributed by atoms with Crippen LogP contribution in [0.25, 0.3) is 10.2 Å². The van der Waals surface area contributed by atoms with Gasteiger partial charge in [-0.05, 0) is 63.0 Å². The third-order valence-electron chi connectivity index (χ3n) is 7.36. The molecule has 0 bridgehead atoms. The SMILES string of the molecule is CC(C)C[C@@H]1NC(=O)[C@@H](N)CCC(=O)NCCCC[C@@H](C(=O)N[C@@H](CCCNC(=N)N)C(=O)c2nc3ccccc3s2)NC1=O. The van der Waals surface area contributed by atoms with Crippen molar-refractivity contribution in [3.63, 3.8) is 0 Å². The molecule has 1 saturated heterocycles. The molecular formula is C30H45N9O5S. The Kier molecular flexibility index (Phi) is 13.7. The van der Waals surface area contributed by atoms with Crippen LogP contribution in [0, 0.1) is 11.3 Å². The second kappa shape index (κ2) is 17.4. The molecule has 1 fully saturated rings. The van der Waals surface area contributed by atoms with E-state index < -0.39 is 41.9 Å². The Morgan fingerprint density at radius 2 is 1.87 bits per heavy atom. The van der Waals surface area contributed by atoms with Crippen LogP contribution in [0.4, 0.5) is 0 Å². The van der Waals surface area contributed by atoms with Gasteiger partial charge in [0.25, 0.3) is 0 Å². The Bertz CT molecular complexity index is 1330. The standard InChI is InChI=1S/C30H45N9O5S/c1-17(2)16-22-28(44)37-21(9-5-6-14-34-24(40)13-12-18(31)26(42)38-22)27(43)36-20(10-7-15-35-30(32)33)25(41)29-39-19-8-3-4-11-23(19)45-29/h3-4,8,11,17-18,20-22H,5-7,9-10,12-16,31H2,1-2H3,(H,34,40)(H,36,43)(H,37,44)(H,38,42)(H4,32,33,35)/t18-,20-,21-,22-/m0/s1. The van der Waals surface area contributed by atoms with E-state index in [1.807, 2.05) is 32.0 Å². The number of aromatic nitrogens is 1. The van der Waals surface area contributed by atoms with Crippen LogP contribution in [0.15, 0.2) is 24.3 Å². The van der Waals surface area contributed by atoms with E-state index in [4.69, 9.17) is 16.9 Å². The zero-order chi connectivity index (χ0) is 32.9. The summed E-state index contributed by atoms with van der Waals surface area (Å²) >= 11 is 1.23. The summed E-state index contributed by atoms with van der Waals surface area (Å²) in [5.41, 5.74) is 12.1. The highest BCUT2D eigenvalue weighted by Crippen LogP contribution is 2.23. The number of carbonyl (C=O) groups excluding carboxylic acids is 5. The largest absolute Gasteiger partial charge is 0.370 e. The van der Waals surface area contributed by atoms with Gasteiger partial charge < -0.3 is 38.1 Å². The van der Waals surface area contributed by atoms with Gasteiger partial charge >= 0.3 is 0 Å². The fourth-order valence-corrected chi connectivity index (χ4v) is 5.89. The van der Waals surface area contributed by atoms with Crippen molar-refractivity contribution < 1.29 is 24.0 Å². The topological polar surface area (TPSA) is 234 Å². The molecular weight excluding hydrogens is 598 g/mol. The molecule has 45 heavy (non-hydrogen) atoms. The second-order valence-electron chi connectivity index (χ2n) is 11.6. The van der Waals surface area contributed by atoms with Gasteiger partial charge in [0.1, 0.15) is 12.1 Å². The first kappa shape index (κ1) is 35.4. The Hall–Kier alpha value is -4.11. The van der Waals surface area contributed by atoms with Crippen LogP contribution in [0.3, 0.4) is 0 Å². The number of ketones is 1. The minimum absolute atomic E-state index is 0.0387. The zero-order valence-corrected chi connectivity index (χ0v) is 26.6. The summed E-state index contributed by atoms with van der Waals surface area (Å²) in [7, 11) is 0. The first-order chi connectivity index (χ1) is 21.4. The van der Waals surface area contributed by atoms with Crippen molar-refractivity contribution in [2.75, 3.05) is 13.1 Å². The van der Waals surface area contributed by atoms with Gasteiger partial charge in [-0.1, -0.05) is 26.0 Å². The van der Waals surface area contributed by atoms with E-state index in [9.17, 15) is 24.0 Å². The summed E-state index contributed by atoms with van der Waals surface area (Å²) in [4.78, 5) is 70.4. The maximum absolute atomic E-state index is 13.8.